The van der Waals surface area contributed by atoms with Gasteiger partial charge in [0.05, 0.1) is 7.11 Å². The average molecular weight is 353 g/mol. The number of amides is 2. The van der Waals surface area contributed by atoms with E-state index in [2.05, 4.69) is 4.90 Å². The van der Waals surface area contributed by atoms with Crippen LogP contribution in [0.2, 0.25) is 0 Å². The number of hydrogen-bond acceptors (Lipinski definition) is 4. The van der Waals surface area contributed by atoms with Crippen molar-refractivity contribution in [2.75, 3.05) is 39.8 Å². The van der Waals surface area contributed by atoms with Crippen molar-refractivity contribution in [2.24, 2.45) is 17.6 Å². The Kier molecular flexibility index (Phi) is 4.89. The second-order valence-electron chi connectivity index (χ2n) is 6.67. The van der Waals surface area contributed by atoms with Crippen molar-refractivity contribution in [3.63, 3.8) is 0 Å². The Morgan fingerprint density at radius 1 is 1.16 bits per heavy atom. The molecule has 8 heteroatoms. The molecule has 2 amide bonds. The summed E-state index contributed by atoms with van der Waals surface area (Å²) in [6.07, 6.45) is 0.310. The summed E-state index contributed by atoms with van der Waals surface area (Å²) < 4.78 is 33.0. The molecule has 0 radical (unpaired) electrons. The topological polar surface area (TPSA) is 75.9 Å². The normalized spacial score (nSPS) is 22.9. The van der Waals surface area contributed by atoms with E-state index in [1.807, 2.05) is 0 Å². The summed E-state index contributed by atoms with van der Waals surface area (Å²) in [5, 5.41) is 0. The number of rotatable bonds is 5. The lowest BCUT2D eigenvalue weighted by Crippen LogP contribution is -2.35. The molecule has 2 aliphatic rings. The maximum atomic E-state index is 14.1. The van der Waals surface area contributed by atoms with E-state index < -0.39 is 23.1 Å². The molecule has 0 aliphatic carbocycles. The van der Waals surface area contributed by atoms with E-state index in [9.17, 15) is 18.4 Å². The monoisotopic (exact) mass is 353 g/mol. The highest BCUT2D eigenvalue weighted by atomic mass is 19.1. The number of carbonyl (C=O) groups excluding carboxylic acids is 2. The van der Waals surface area contributed by atoms with Gasteiger partial charge < -0.3 is 20.3 Å². The lowest BCUT2D eigenvalue weighted by Gasteiger charge is -2.21. The largest absolute Gasteiger partial charge is 0.497 e. The molecule has 2 fully saturated rings. The zero-order valence-corrected chi connectivity index (χ0v) is 14.0. The minimum Gasteiger partial charge on any atom is -0.497 e. The van der Waals surface area contributed by atoms with Gasteiger partial charge in [-0.2, -0.15) is 0 Å². The predicted octanol–water partition coefficient (Wildman–Crippen LogP) is 0.853. The van der Waals surface area contributed by atoms with Crippen molar-refractivity contribution in [3.05, 3.63) is 29.3 Å². The van der Waals surface area contributed by atoms with Gasteiger partial charge in [-0.3, -0.25) is 9.59 Å². The van der Waals surface area contributed by atoms with Crippen LogP contribution in [0.3, 0.4) is 0 Å². The van der Waals surface area contributed by atoms with E-state index in [-0.39, 0.29) is 23.5 Å². The zero-order chi connectivity index (χ0) is 18.1. The SMILES string of the molecule is COc1cc(F)c(C(=O)N2CC3CN(CCC(N)=O)CC3C2)c(F)c1. The first-order chi connectivity index (χ1) is 11.9. The first-order valence-electron chi connectivity index (χ1n) is 8.22. The molecule has 2 N–H and O–H groups in total. The van der Waals surface area contributed by atoms with Gasteiger partial charge in [-0.25, -0.2) is 8.78 Å². The third kappa shape index (κ3) is 3.58. The van der Waals surface area contributed by atoms with E-state index >= 15 is 0 Å². The predicted molar refractivity (Wildman–Crippen MR) is 86.0 cm³/mol. The van der Waals surface area contributed by atoms with Crippen LogP contribution >= 0.6 is 0 Å². The van der Waals surface area contributed by atoms with Gasteiger partial charge in [0.25, 0.3) is 5.91 Å². The van der Waals surface area contributed by atoms with Gasteiger partial charge in [0.2, 0.25) is 5.91 Å². The van der Waals surface area contributed by atoms with Crippen LogP contribution in [0.15, 0.2) is 12.1 Å². The number of benzene rings is 1. The summed E-state index contributed by atoms with van der Waals surface area (Å²) in [4.78, 5) is 27.1. The lowest BCUT2D eigenvalue weighted by atomic mass is 10.0. The van der Waals surface area contributed by atoms with Crippen LogP contribution in [-0.2, 0) is 4.79 Å². The van der Waals surface area contributed by atoms with E-state index in [1.165, 1.54) is 12.0 Å². The van der Waals surface area contributed by atoms with E-state index in [1.54, 1.807) is 0 Å². The van der Waals surface area contributed by atoms with Crippen molar-refractivity contribution in [1.29, 1.82) is 0 Å². The number of carbonyl (C=O) groups is 2. The first kappa shape index (κ1) is 17.6. The molecule has 2 aliphatic heterocycles. The molecule has 0 bridgehead atoms. The standard InChI is InChI=1S/C17H21F2N3O3/c1-25-12-4-13(18)16(14(19)5-12)17(24)22-8-10-6-21(3-2-15(20)23)7-11(10)9-22/h4-5,10-11H,2-3,6-9H2,1H3,(H2,20,23). The molecule has 2 atom stereocenters. The quantitative estimate of drug-likeness (QED) is 0.852. The van der Waals surface area contributed by atoms with Crippen LogP contribution in [0.5, 0.6) is 5.75 Å². The summed E-state index contributed by atoms with van der Waals surface area (Å²) in [5.41, 5.74) is 4.63. The van der Waals surface area contributed by atoms with Crippen LogP contribution in [0, 0.1) is 23.5 Å². The third-order valence-electron chi connectivity index (χ3n) is 4.99. The summed E-state index contributed by atoms with van der Waals surface area (Å²) in [7, 11) is 1.31. The van der Waals surface area contributed by atoms with Gasteiger partial charge in [0, 0.05) is 51.3 Å². The van der Waals surface area contributed by atoms with E-state index in [0.29, 0.717) is 26.1 Å². The Bertz CT molecular complexity index is 661. The molecule has 25 heavy (non-hydrogen) atoms. The smallest absolute Gasteiger partial charge is 0.259 e. The molecule has 1 aromatic rings. The Morgan fingerprint density at radius 3 is 2.20 bits per heavy atom. The molecular weight excluding hydrogens is 332 g/mol. The maximum absolute atomic E-state index is 14.1. The Hall–Kier alpha value is -2.22. The summed E-state index contributed by atoms with van der Waals surface area (Å²) in [6.45, 7) is 3.05. The number of nitrogens with zero attached hydrogens (tertiary/aromatic N) is 2. The lowest BCUT2D eigenvalue weighted by molar-refractivity contribution is -0.118. The van der Waals surface area contributed by atoms with Gasteiger partial charge in [-0.15, -0.1) is 0 Å². The van der Waals surface area contributed by atoms with Crippen LogP contribution in [-0.4, -0.2) is 61.4 Å². The highest BCUT2D eigenvalue weighted by Crippen LogP contribution is 2.33. The highest BCUT2D eigenvalue weighted by Gasteiger charge is 2.42. The number of hydrogen-bond donors (Lipinski definition) is 1. The molecule has 0 spiro atoms. The fourth-order valence-corrected chi connectivity index (χ4v) is 3.74. The second kappa shape index (κ2) is 6.95. The van der Waals surface area contributed by atoms with Crippen molar-refractivity contribution in [1.82, 2.24) is 9.80 Å². The van der Waals surface area contributed by atoms with E-state index in [0.717, 1.165) is 25.2 Å². The van der Waals surface area contributed by atoms with Crippen LogP contribution in [0.25, 0.3) is 0 Å². The Labute approximate surface area is 144 Å². The maximum Gasteiger partial charge on any atom is 0.259 e. The molecule has 0 aromatic heterocycles. The summed E-state index contributed by atoms with van der Waals surface area (Å²) in [5.74, 6) is -2.25. The number of ether oxygens (including phenoxy) is 1. The molecule has 2 unspecified atom stereocenters. The van der Waals surface area contributed by atoms with E-state index in [4.69, 9.17) is 10.5 Å². The zero-order valence-electron chi connectivity index (χ0n) is 14.0. The minimum absolute atomic E-state index is 0.0370. The summed E-state index contributed by atoms with van der Waals surface area (Å²) >= 11 is 0. The number of nitrogens with two attached hydrogens (primary N) is 1. The number of primary amides is 1. The molecule has 136 valence electrons. The Balaban J connectivity index is 1.65. The van der Waals surface area contributed by atoms with Gasteiger partial charge in [-0.05, 0) is 11.8 Å². The molecule has 3 rings (SSSR count). The fourth-order valence-electron chi connectivity index (χ4n) is 3.74. The average Bonchev–Trinajstić information content (AvgIpc) is 3.10. The highest BCUT2D eigenvalue weighted by molar-refractivity contribution is 5.95. The number of likely N-dealkylation sites (tertiary alicyclic amines) is 2. The third-order valence-corrected chi connectivity index (χ3v) is 4.99. The van der Waals surface area contributed by atoms with Crippen molar-refractivity contribution in [2.45, 2.75) is 6.42 Å². The van der Waals surface area contributed by atoms with Crippen molar-refractivity contribution in [3.8, 4) is 5.75 Å². The van der Waals surface area contributed by atoms with Crippen molar-refractivity contribution >= 4 is 11.8 Å². The number of halogens is 2. The molecule has 6 nitrogen and oxygen atoms in total. The molecule has 2 heterocycles. The molecule has 1 aromatic carbocycles. The van der Waals surface area contributed by atoms with Crippen LogP contribution < -0.4 is 10.5 Å². The first-order valence-corrected chi connectivity index (χ1v) is 8.22. The van der Waals surface area contributed by atoms with Crippen LogP contribution in [0.4, 0.5) is 8.78 Å². The van der Waals surface area contributed by atoms with Crippen LogP contribution in [0.1, 0.15) is 16.8 Å². The summed E-state index contributed by atoms with van der Waals surface area (Å²) in [6, 6.07) is 2.03. The molecule has 2 saturated heterocycles. The Morgan fingerprint density at radius 2 is 1.72 bits per heavy atom. The van der Waals surface area contributed by atoms with Gasteiger partial charge in [0.15, 0.2) is 0 Å². The fraction of sp³-hybridized carbons (Fsp3) is 0.529. The molecule has 0 saturated carbocycles. The molecular formula is C17H21F2N3O3. The minimum atomic E-state index is -0.915. The number of methoxy groups -OCH3 is 1. The second-order valence-corrected chi connectivity index (χ2v) is 6.67. The van der Waals surface area contributed by atoms with Crippen molar-refractivity contribution < 1.29 is 23.1 Å². The van der Waals surface area contributed by atoms with Gasteiger partial charge >= 0.3 is 0 Å². The van der Waals surface area contributed by atoms with Gasteiger partial charge in [-0.1, -0.05) is 0 Å². The number of fused-ring (bicyclic) bond motifs is 1. The van der Waals surface area contributed by atoms with Gasteiger partial charge in [0.1, 0.15) is 22.9 Å².